The van der Waals surface area contributed by atoms with Crippen molar-refractivity contribution in [2.75, 3.05) is 36.2 Å². The third-order valence-corrected chi connectivity index (χ3v) is 5.21. The Kier molecular flexibility index (Phi) is 4.23. The Morgan fingerprint density at radius 2 is 2.09 bits per heavy atom. The van der Waals surface area contributed by atoms with Crippen molar-refractivity contribution in [1.29, 1.82) is 0 Å². The van der Waals surface area contributed by atoms with Crippen LogP contribution < -0.4 is 10.6 Å². The van der Waals surface area contributed by atoms with Crippen LogP contribution in [-0.2, 0) is 11.8 Å². The number of nitrogens with two attached hydrogens (primary N) is 1. The molecule has 1 heterocycles. The molecule has 4 nitrogen and oxygen atoms in total. The fourth-order valence-corrected chi connectivity index (χ4v) is 3.95. The summed E-state index contributed by atoms with van der Waals surface area (Å²) in [5.74, 6) is 1.72. The van der Waals surface area contributed by atoms with Crippen molar-refractivity contribution < 1.29 is 0 Å². The summed E-state index contributed by atoms with van der Waals surface area (Å²) in [5, 5.41) is 0. The number of fused-ring (bicyclic) bond motifs is 3. The Morgan fingerprint density at radius 3 is 2.83 bits per heavy atom. The van der Waals surface area contributed by atoms with Gasteiger partial charge in [-0.15, -0.1) is 0 Å². The quantitative estimate of drug-likeness (QED) is 0.932. The average Bonchev–Trinajstić information content (AvgIpc) is 2.51. The Balaban J connectivity index is 2.15. The fraction of sp³-hybridized carbons (Fsp3) is 0.444. The summed E-state index contributed by atoms with van der Waals surface area (Å²) in [4.78, 5) is 11.1. The number of nitrogens with zero attached hydrogens (tertiary/aromatic N) is 3. The van der Waals surface area contributed by atoms with E-state index in [2.05, 4.69) is 60.2 Å². The molecule has 1 aromatic heterocycles. The molecule has 0 aliphatic heterocycles. The van der Waals surface area contributed by atoms with Crippen LogP contribution in [0.3, 0.4) is 0 Å². The number of rotatable bonds is 4. The third kappa shape index (κ3) is 2.78. The standard InChI is InChI=1S/C18H24N4S/c1-18(2)10-13-12(16-15(18)17(19)21-11-20-16)6-5-7-14(13)22(3)8-9-23-4/h5-7,11H,8-10H2,1-4H3,(H2,19,20,21). The normalized spacial score (nSPS) is 15.0. The number of hydrogen-bond acceptors (Lipinski definition) is 5. The maximum Gasteiger partial charge on any atom is 0.131 e. The van der Waals surface area contributed by atoms with Gasteiger partial charge in [-0.05, 0) is 29.7 Å². The molecule has 0 spiro atoms. The van der Waals surface area contributed by atoms with E-state index < -0.39 is 0 Å². The van der Waals surface area contributed by atoms with Crippen molar-refractivity contribution in [2.45, 2.75) is 25.7 Å². The smallest absolute Gasteiger partial charge is 0.131 e. The molecule has 0 amide bonds. The molecule has 1 aromatic carbocycles. The van der Waals surface area contributed by atoms with E-state index in [1.165, 1.54) is 16.8 Å². The van der Waals surface area contributed by atoms with Crippen molar-refractivity contribution in [3.05, 3.63) is 35.7 Å². The van der Waals surface area contributed by atoms with Crippen LogP contribution in [0.15, 0.2) is 24.5 Å². The van der Waals surface area contributed by atoms with E-state index in [1.54, 1.807) is 6.33 Å². The number of anilines is 2. The van der Waals surface area contributed by atoms with Crippen LogP contribution >= 0.6 is 11.8 Å². The van der Waals surface area contributed by atoms with E-state index in [4.69, 9.17) is 5.73 Å². The van der Waals surface area contributed by atoms with Gasteiger partial charge in [0.2, 0.25) is 0 Å². The molecule has 23 heavy (non-hydrogen) atoms. The first-order chi connectivity index (χ1) is 11.0. The summed E-state index contributed by atoms with van der Waals surface area (Å²) >= 11 is 1.87. The van der Waals surface area contributed by atoms with Crippen LogP contribution in [0, 0.1) is 0 Å². The summed E-state index contributed by atoms with van der Waals surface area (Å²) < 4.78 is 0. The molecule has 1 aliphatic carbocycles. The number of hydrogen-bond donors (Lipinski definition) is 1. The Labute approximate surface area is 142 Å². The van der Waals surface area contributed by atoms with Gasteiger partial charge in [0.25, 0.3) is 0 Å². The van der Waals surface area contributed by atoms with E-state index in [0.29, 0.717) is 5.82 Å². The molecule has 2 aromatic rings. The largest absolute Gasteiger partial charge is 0.383 e. The Hall–Kier alpha value is -1.75. The highest BCUT2D eigenvalue weighted by atomic mass is 32.2. The SMILES string of the molecule is CSCCN(C)c1cccc2c1CC(C)(C)c1c(N)ncnc1-2. The number of aromatic nitrogens is 2. The highest BCUT2D eigenvalue weighted by Crippen LogP contribution is 2.46. The summed E-state index contributed by atoms with van der Waals surface area (Å²) in [6.45, 7) is 5.50. The molecule has 0 bridgehead atoms. The van der Waals surface area contributed by atoms with E-state index in [1.807, 2.05) is 11.8 Å². The van der Waals surface area contributed by atoms with Gasteiger partial charge in [0.15, 0.2) is 0 Å². The third-order valence-electron chi connectivity index (χ3n) is 4.62. The summed E-state index contributed by atoms with van der Waals surface area (Å²) in [7, 11) is 2.17. The lowest BCUT2D eigenvalue weighted by Gasteiger charge is -2.36. The fourth-order valence-electron chi connectivity index (χ4n) is 3.49. The molecule has 3 rings (SSSR count). The van der Waals surface area contributed by atoms with Gasteiger partial charge in [-0.2, -0.15) is 11.8 Å². The summed E-state index contributed by atoms with van der Waals surface area (Å²) in [5.41, 5.74) is 12.0. The van der Waals surface area contributed by atoms with E-state index in [-0.39, 0.29) is 5.41 Å². The molecule has 0 fully saturated rings. The average molecular weight is 328 g/mol. The maximum absolute atomic E-state index is 6.17. The predicted molar refractivity (Wildman–Crippen MR) is 100 cm³/mol. The minimum absolute atomic E-state index is 0.0654. The van der Waals surface area contributed by atoms with Gasteiger partial charge in [-0.25, -0.2) is 9.97 Å². The minimum Gasteiger partial charge on any atom is -0.383 e. The van der Waals surface area contributed by atoms with Gasteiger partial charge < -0.3 is 10.6 Å². The van der Waals surface area contributed by atoms with Crippen molar-refractivity contribution in [3.63, 3.8) is 0 Å². The lowest BCUT2D eigenvalue weighted by atomic mass is 9.71. The van der Waals surface area contributed by atoms with Crippen LogP contribution in [0.25, 0.3) is 11.3 Å². The number of nitrogen functional groups attached to an aromatic ring is 1. The highest BCUT2D eigenvalue weighted by molar-refractivity contribution is 7.98. The second kappa shape index (κ2) is 6.04. The molecule has 0 saturated heterocycles. The lowest BCUT2D eigenvalue weighted by Crippen LogP contribution is -2.30. The molecule has 2 N–H and O–H groups in total. The second-order valence-corrected chi connectivity index (χ2v) is 7.75. The van der Waals surface area contributed by atoms with Crippen LogP contribution in [0.2, 0.25) is 0 Å². The van der Waals surface area contributed by atoms with Gasteiger partial charge in [-0.1, -0.05) is 26.0 Å². The number of thioether (sulfide) groups is 1. The molecular weight excluding hydrogens is 304 g/mol. The topological polar surface area (TPSA) is 55.0 Å². The zero-order chi connectivity index (χ0) is 16.6. The predicted octanol–water partition coefficient (Wildman–Crippen LogP) is 3.36. The van der Waals surface area contributed by atoms with E-state index >= 15 is 0 Å². The first-order valence-corrected chi connectivity index (χ1v) is 9.28. The van der Waals surface area contributed by atoms with Gasteiger partial charge in [0, 0.05) is 36.2 Å². The van der Waals surface area contributed by atoms with Crippen LogP contribution in [0.4, 0.5) is 11.5 Å². The van der Waals surface area contributed by atoms with Crippen molar-refractivity contribution in [3.8, 4) is 11.3 Å². The number of benzene rings is 1. The Morgan fingerprint density at radius 1 is 1.30 bits per heavy atom. The van der Waals surface area contributed by atoms with Crippen molar-refractivity contribution in [2.24, 2.45) is 0 Å². The van der Waals surface area contributed by atoms with E-state index in [9.17, 15) is 0 Å². The molecule has 0 saturated carbocycles. The molecule has 0 radical (unpaired) electrons. The Bertz CT molecular complexity index is 727. The highest BCUT2D eigenvalue weighted by Gasteiger charge is 2.35. The van der Waals surface area contributed by atoms with Gasteiger partial charge >= 0.3 is 0 Å². The van der Waals surface area contributed by atoms with Crippen LogP contribution in [0.1, 0.15) is 25.0 Å². The van der Waals surface area contributed by atoms with Gasteiger partial charge in [0.05, 0.1) is 5.69 Å². The van der Waals surface area contributed by atoms with Gasteiger partial charge in [-0.3, -0.25) is 0 Å². The lowest BCUT2D eigenvalue weighted by molar-refractivity contribution is 0.514. The molecule has 5 heteroatoms. The van der Waals surface area contributed by atoms with Crippen LogP contribution in [-0.4, -0.2) is 35.6 Å². The first-order valence-electron chi connectivity index (χ1n) is 7.89. The van der Waals surface area contributed by atoms with Crippen molar-refractivity contribution >= 4 is 23.3 Å². The monoisotopic (exact) mass is 328 g/mol. The van der Waals surface area contributed by atoms with E-state index in [0.717, 1.165) is 30.0 Å². The molecular formula is C18H24N4S. The van der Waals surface area contributed by atoms with Crippen molar-refractivity contribution in [1.82, 2.24) is 9.97 Å². The summed E-state index contributed by atoms with van der Waals surface area (Å²) in [6.07, 6.45) is 4.67. The zero-order valence-electron chi connectivity index (χ0n) is 14.3. The molecule has 0 atom stereocenters. The van der Waals surface area contributed by atoms with Gasteiger partial charge in [0.1, 0.15) is 12.1 Å². The van der Waals surface area contributed by atoms with Crippen LogP contribution in [0.5, 0.6) is 0 Å². The minimum atomic E-state index is -0.0654. The zero-order valence-corrected chi connectivity index (χ0v) is 15.1. The maximum atomic E-state index is 6.17. The first kappa shape index (κ1) is 16.1. The molecule has 122 valence electrons. The molecule has 1 aliphatic rings. The second-order valence-electron chi connectivity index (χ2n) is 6.76. The molecule has 0 unspecified atom stereocenters. The summed E-state index contributed by atoms with van der Waals surface area (Å²) in [6, 6.07) is 6.48.